The molecule has 0 fully saturated rings. The van der Waals surface area contributed by atoms with Gasteiger partial charge >= 0.3 is 0 Å². The summed E-state index contributed by atoms with van der Waals surface area (Å²) in [5.74, 6) is 0.567. The van der Waals surface area contributed by atoms with Gasteiger partial charge in [-0.25, -0.2) is 8.42 Å². The number of sulfonamides is 1. The minimum absolute atomic E-state index is 0.0588. The summed E-state index contributed by atoms with van der Waals surface area (Å²) in [4.78, 5) is 0. The largest absolute Gasteiger partial charge is 0.447 e. The predicted molar refractivity (Wildman–Crippen MR) is 78.6 cm³/mol. The summed E-state index contributed by atoms with van der Waals surface area (Å²) in [6.07, 6.45) is 0. The van der Waals surface area contributed by atoms with E-state index in [0.29, 0.717) is 32.1 Å². The number of nitrogens with zero attached hydrogens (tertiary/aromatic N) is 1. The predicted octanol–water partition coefficient (Wildman–Crippen LogP) is 0.671. The molecule has 0 amide bonds. The summed E-state index contributed by atoms with van der Waals surface area (Å²) in [7, 11) is 1.03. The third-order valence-electron chi connectivity index (χ3n) is 3.08. The molecule has 1 aromatic rings. The third kappa shape index (κ3) is 5.08. The van der Waals surface area contributed by atoms with Crippen LogP contribution >= 0.6 is 0 Å². The molecule has 1 N–H and O–H groups in total. The van der Waals surface area contributed by atoms with Gasteiger partial charge in [-0.2, -0.15) is 4.31 Å². The van der Waals surface area contributed by atoms with Crippen LogP contribution in [0.2, 0.25) is 0 Å². The molecular formula is C13H24N2O5S. The fourth-order valence-corrected chi connectivity index (χ4v) is 2.97. The van der Waals surface area contributed by atoms with Gasteiger partial charge in [0.1, 0.15) is 5.76 Å². The molecule has 1 rings (SSSR count). The first kappa shape index (κ1) is 18.1. The lowest BCUT2D eigenvalue weighted by molar-refractivity contribution is 0.148. The quantitative estimate of drug-likeness (QED) is 0.638. The van der Waals surface area contributed by atoms with Crippen molar-refractivity contribution in [2.24, 2.45) is 0 Å². The van der Waals surface area contributed by atoms with E-state index in [4.69, 9.17) is 13.9 Å². The van der Waals surface area contributed by atoms with Crippen molar-refractivity contribution >= 4 is 10.0 Å². The summed E-state index contributed by atoms with van der Waals surface area (Å²) in [5.41, 5.74) is 0. The lowest BCUT2D eigenvalue weighted by Gasteiger charge is -2.22. The maximum Gasteiger partial charge on any atom is 0.276 e. The molecule has 0 saturated carbocycles. The molecule has 122 valence electrons. The van der Waals surface area contributed by atoms with Crippen molar-refractivity contribution < 1.29 is 22.3 Å². The maximum absolute atomic E-state index is 12.4. The summed E-state index contributed by atoms with van der Waals surface area (Å²) < 4.78 is 41.3. The Balaban J connectivity index is 2.69. The molecule has 0 aliphatic heterocycles. The van der Waals surface area contributed by atoms with E-state index in [2.05, 4.69) is 5.32 Å². The van der Waals surface area contributed by atoms with E-state index in [-0.39, 0.29) is 11.1 Å². The van der Waals surface area contributed by atoms with Crippen LogP contribution in [0.25, 0.3) is 0 Å². The lowest BCUT2D eigenvalue weighted by Crippen LogP contribution is -2.37. The first-order valence-corrected chi connectivity index (χ1v) is 8.12. The SMILES string of the molecule is COCCNCc1ccc(S(=O)(=O)N(C)C(C)COC)o1. The smallest absolute Gasteiger partial charge is 0.276 e. The minimum Gasteiger partial charge on any atom is -0.447 e. The number of rotatable bonds is 10. The van der Waals surface area contributed by atoms with Crippen molar-refractivity contribution in [3.63, 3.8) is 0 Å². The molecule has 0 aromatic carbocycles. The molecule has 21 heavy (non-hydrogen) atoms. The lowest BCUT2D eigenvalue weighted by atomic mass is 10.4. The van der Waals surface area contributed by atoms with Crippen molar-refractivity contribution in [2.45, 2.75) is 24.6 Å². The Kier molecular flexibility index (Phi) is 7.33. The number of furan rings is 1. The zero-order valence-electron chi connectivity index (χ0n) is 13.0. The van der Waals surface area contributed by atoms with Crippen molar-refractivity contribution in [2.75, 3.05) is 41.0 Å². The van der Waals surface area contributed by atoms with E-state index in [9.17, 15) is 8.42 Å². The van der Waals surface area contributed by atoms with E-state index in [0.717, 1.165) is 0 Å². The van der Waals surface area contributed by atoms with Crippen molar-refractivity contribution in [1.29, 1.82) is 0 Å². The number of methoxy groups -OCH3 is 2. The van der Waals surface area contributed by atoms with Crippen LogP contribution in [0, 0.1) is 0 Å². The molecular weight excluding hydrogens is 296 g/mol. The molecule has 8 heteroatoms. The Labute approximate surface area is 126 Å². The van der Waals surface area contributed by atoms with Crippen molar-refractivity contribution in [3.05, 3.63) is 17.9 Å². The Bertz CT molecular complexity index is 514. The second-order valence-corrected chi connectivity index (χ2v) is 6.64. The number of hydrogen-bond acceptors (Lipinski definition) is 6. The van der Waals surface area contributed by atoms with E-state index in [1.807, 2.05) is 0 Å². The number of likely N-dealkylation sites (N-methyl/N-ethyl adjacent to an activating group) is 1. The average Bonchev–Trinajstić information content (AvgIpc) is 2.92. The number of nitrogens with one attached hydrogen (secondary N) is 1. The zero-order chi connectivity index (χ0) is 15.9. The Morgan fingerprint density at radius 1 is 1.33 bits per heavy atom. The molecule has 0 bridgehead atoms. The molecule has 0 aliphatic rings. The number of ether oxygens (including phenoxy) is 2. The van der Waals surface area contributed by atoms with Crippen LogP contribution in [0.3, 0.4) is 0 Å². The van der Waals surface area contributed by atoms with Gasteiger partial charge in [-0.3, -0.25) is 0 Å². The molecule has 0 radical (unpaired) electrons. The van der Waals surface area contributed by atoms with E-state index < -0.39 is 10.0 Å². The molecule has 0 spiro atoms. The zero-order valence-corrected chi connectivity index (χ0v) is 13.8. The minimum atomic E-state index is -3.64. The van der Waals surface area contributed by atoms with Gasteiger partial charge in [-0.1, -0.05) is 0 Å². The van der Waals surface area contributed by atoms with Gasteiger partial charge in [0, 0.05) is 33.9 Å². The van der Waals surface area contributed by atoms with E-state index in [1.165, 1.54) is 24.5 Å². The Hall–Kier alpha value is -0.930. The Morgan fingerprint density at radius 3 is 2.67 bits per heavy atom. The molecule has 1 atom stereocenters. The molecule has 0 aliphatic carbocycles. The van der Waals surface area contributed by atoms with Crippen molar-refractivity contribution in [3.8, 4) is 0 Å². The normalized spacial score (nSPS) is 13.8. The maximum atomic E-state index is 12.4. The number of hydrogen-bond donors (Lipinski definition) is 1. The van der Waals surface area contributed by atoms with E-state index >= 15 is 0 Å². The molecule has 7 nitrogen and oxygen atoms in total. The standard InChI is InChI=1S/C13H24N2O5S/c1-11(10-19-4)15(2)21(16,17)13-6-5-12(20-13)9-14-7-8-18-3/h5-6,11,14H,7-10H2,1-4H3. The topological polar surface area (TPSA) is 81.0 Å². The van der Waals surface area contributed by atoms with Gasteiger partial charge in [-0.15, -0.1) is 0 Å². The first-order chi connectivity index (χ1) is 9.93. The van der Waals surface area contributed by atoms with Crippen LogP contribution in [-0.4, -0.2) is 59.8 Å². The highest BCUT2D eigenvalue weighted by Crippen LogP contribution is 2.19. The second-order valence-electron chi connectivity index (χ2n) is 4.72. The van der Waals surface area contributed by atoms with Gasteiger partial charge in [0.25, 0.3) is 10.0 Å². The summed E-state index contributed by atoms with van der Waals surface area (Å²) in [6.45, 7) is 3.81. The summed E-state index contributed by atoms with van der Waals surface area (Å²) in [5, 5.41) is 3.03. The van der Waals surface area contributed by atoms with Crippen LogP contribution in [0.4, 0.5) is 0 Å². The van der Waals surface area contributed by atoms with Crippen LogP contribution in [0.15, 0.2) is 21.6 Å². The van der Waals surface area contributed by atoms with Gasteiger partial charge in [0.2, 0.25) is 5.09 Å². The first-order valence-electron chi connectivity index (χ1n) is 6.68. The summed E-state index contributed by atoms with van der Waals surface area (Å²) >= 11 is 0. The third-order valence-corrected chi connectivity index (χ3v) is 4.93. The fraction of sp³-hybridized carbons (Fsp3) is 0.692. The van der Waals surface area contributed by atoms with Crippen molar-refractivity contribution in [1.82, 2.24) is 9.62 Å². The average molecular weight is 320 g/mol. The highest BCUT2D eigenvalue weighted by molar-refractivity contribution is 7.89. The molecule has 1 aromatic heterocycles. The molecule has 0 saturated heterocycles. The van der Waals surface area contributed by atoms with Crippen LogP contribution in [0.1, 0.15) is 12.7 Å². The Morgan fingerprint density at radius 2 is 2.05 bits per heavy atom. The van der Waals surface area contributed by atoms with Gasteiger partial charge in [-0.05, 0) is 19.1 Å². The van der Waals surface area contributed by atoms with Crippen LogP contribution < -0.4 is 5.32 Å². The van der Waals surface area contributed by atoms with Crippen LogP contribution in [0.5, 0.6) is 0 Å². The van der Waals surface area contributed by atoms with Crippen LogP contribution in [-0.2, 0) is 26.0 Å². The molecule has 1 unspecified atom stereocenters. The van der Waals surface area contributed by atoms with Gasteiger partial charge in [0.05, 0.1) is 19.8 Å². The highest BCUT2D eigenvalue weighted by Gasteiger charge is 2.28. The van der Waals surface area contributed by atoms with Gasteiger partial charge in [0.15, 0.2) is 0 Å². The van der Waals surface area contributed by atoms with Gasteiger partial charge < -0.3 is 19.2 Å². The fourth-order valence-electron chi connectivity index (χ4n) is 1.70. The second kappa shape index (κ2) is 8.50. The summed E-state index contributed by atoms with van der Waals surface area (Å²) in [6, 6.07) is 2.86. The molecule has 1 heterocycles. The van der Waals surface area contributed by atoms with E-state index in [1.54, 1.807) is 20.1 Å². The highest BCUT2D eigenvalue weighted by atomic mass is 32.2. The monoisotopic (exact) mass is 320 g/mol.